The van der Waals surface area contributed by atoms with Gasteiger partial charge >= 0.3 is 5.97 Å². The van der Waals surface area contributed by atoms with Crippen molar-refractivity contribution in [2.75, 3.05) is 6.61 Å². The maximum atomic E-state index is 13.7. The molecule has 1 aliphatic heterocycles. The third kappa shape index (κ3) is 5.78. The summed E-state index contributed by atoms with van der Waals surface area (Å²) in [5, 5.41) is 2.93. The number of carbonyl (C=O) groups excluding carboxylic acids is 3. The number of ether oxygens (including phenoxy) is 1. The van der Waals surface area contributed by atoms with E-state index in [-0.39, 0.29) is 36.7 Å². The Balaban J connectivity index is 1.68. The van der Waals surface area contributed by atoms with Gasteiger partial charge in [0.05, 0.1) is 13.2 Å². The van der Waals surface area contributed by atoms with E-state index in [9.17, 15) is 14.4 Å². The normalized spacial score (nSPS) is 21.8. The Hall–Kier alpha value is -3.48. The summed E-state index contributed by atoms with van der Waals surface area (Å²) >= 11 is 0. The lowest BCUT2D eigenvalue weighted by molar-refractivity contribution is -0.155. The van der Waals surface area contributed by atoms with Crippen LogP contribution in [-0.4, -0.2) is 47.1 Å². The second-order valence-corrected chi connectivity index (χ2v) is 9.07. The molecule has 2 aliphatic rings. The van der Waals surface area contributed by atoms with Gasteiger partial charge in [0.25, 0.3) is 5.91 Å². The Bertz CT molecular complexity index is 1050. The summed E-state index contributed by atoms with van der Waals surface area (Å²) in [5.41, 5.74) is 2.01. The molecule has 0 spiro atoms. The molecule has 1 saturated carbocycles. The predicted molar refractivity (Wildman–Crippen MR) is 133 cm³/mol. The summed E-state index contributed by atoms with van der Waals surface area (Å²) in [7, 11) is 0. The van der Waals surface area contributed by atoms with E-state index in [1.165, 1.54) is 0 Å². The van der Waals surface area contributed by atoms with Crippen LogP contribution in [0.3, 0.4) is 0 Å². The third-order valence-corrected chi connectivity index (χ3v) is 6.73. The molecule has 1 N–H and O–H groups in total. The number of likely N-dealkylation sites (tertiary alicyclic amines) is 1. The fourth-order valence-electron chi connectivity index (χ4n) is 5.02. The largest absolute Gasteiger partial charge is 0.464 e. The number of esters is 1. The van der Waals surface area contributed by atoms with Gasteiger partial charge in [0.15, 0.2) is 0 Å². The molecule has 1 heterocycles. The zero-order chi connectivity index (χ0) is 24.6. The average molecular weight is 476 g/mol. The smallest absolute Gasteiger partial charge is 0.330 e. The van der Waals surface area contributed by atoms with Crippen molar-refractivity contribution < 1.29 is 19.1 Å². The van der Waals surface area contributed by atoms with Crippen molar-refractivity contribution in [3.05, 3.63) is 71.8 Å². The molecule has 2 fully saturated rings. The van der Waals surface area contributed by atoms with Crippen molar-refractivity contribution in [2.24, 2.45) is 10.9 Å². The van der Waals surface area contributed by atoms with Crippen molar-refractivity contribution in [1.82, 2.24) is 10.2 Å². The topological polar surface area (TPSA) is 88.1 Å². The van der Waals surface area contributed by atoms with Crippen LogP contribution in [0.4, 0.5) is 0 Å². The molecular weight excluding hydrogens is 442 g/mol. The maximum absolute atomic E-state index is 13.7. The molecule has 184 valence electrons. The van der Waals surface area contributed by atoms with E-state index in [0.29, 0.717) is 6.54 Å². The molecule has 0 aromatic heterocycles. The Morgan fingerprint density at radius 1 is 0.971 bits per heavy atom. The van der Waals surface area contributed by atoms with Gasteiger partial charge in [0.2, 0.25) is 5.91 Å². The molecule has 1 saturated heterocycles. The molecular formula is C28H33N3O4. The van der Waals surface area contributed by atoms with E-state index >= 15 is 0 Å². The fraction of sp³-hybridized carbons (Fsp3) is 0.429. The van der Waals surface area contributed by atoms with Crippen LogP contribution in [-0.2, 0) is 32.2 Å². The first-order chi connectivity index (χ1) is 17.1. The van der Waals surface area contributed by atoms with Crippen molar-refractivity contribution in [3.8, 4) is 0 Å². The first-order valence-corrected chi connectivity index (χ1v) is 12.5. The first kappa shape index (κ1) is 24.6. The predicted octanol–water partition coefficient (Wildman–Crippen LogP) is 3.67. The average Bonchev–Trinajstić information content (AvgIpc) is 3.20. The highest BCUT2D eigenvalue weighted by atomic mass is 16.5. The first-order valence-electron chi connectivity index (χ1n) is 12.5. The molecule has 4 rings (SSSR count). The molecule has 2 amide bonds. The summed E-state index contributed by atoms with van der Waals surface area (Å²) in [6.45, 7) is 2.47. The van der Waals surface area contributed by atoms with Crippen LogP contribution in [0, 0.1) is 5.92 Å². The molecule has 2 aromatic carbocycles. The number of benzene rings is 2. The minimum Gasteiger partial charge on any atom is -0.464 e. The number of hydrogen-bond donors (Lipinski definition) is 1. The van der Waals surface area contributed by atoms with Crippen LogP contribution in [0.15, 0.2) is 65.7 Å². The number of nitrogens with zero attached hydrogens (tertiary/aromatic N) is 2. The Morgan fingerprint density at radius 2 is 1.60 bits per heavy atom. The van der Waals surface area contributed by atoms with Gasteiger partial charge in [-0.2, -0.15) is 0 Å². The zero-order valence-corrected chi connectivity index (χ0v) is 20.2. The van der Waals surface area contributed by atoms with E-state index in [0.717, 1.165) is 43.2 Å². The molecule has 0 unspecified atom stereocenters. The van der Waals surface area contributed by atoms with E-state index in [1.807, 2.05) is 60.7 Å². The molecule has 2 aromatic rings. The second kappa shape index (κ2) is 11.8. The van der Waals surface area contributed by atoms with Crippen LogP contribution in [0.5, 0.6) is 0 Å². The maximum Gasteiger partial charge on any atom is 0.330 e. The Labute approximate surface area is 206 Å². The van der Waals surface area contributed by atoms with E-state index in [4.69, 9.17) is 4.74 Å². The van der Waals surface area contributed by atoms with Crippen LogP contribution in [0.1, 0.15) is 50.2 Å². The SMILES string of the molecule is CCOC(=O)[C@H]1[C@@H](C(=O)NCc2ccccc2)C(=NCc2ccccc2)C(=O)N1C1CCCCC1. The van der Waals surface area contributed by atoms with Crippen molar-refractivity contribution in [1.29, 1.82) is 0 Å². The lowest BCUT2D eigenvalue weighted by atomic mass is 9.92. The third-order valence-electron chi connectivity index (χ3n) is 6.73. The van der Waals surface area contributed by atoms with E-state index in [1.54, 1.807) is 11.8 Å². The van der Waals surface area contributed by atoms with Crippen LogP contribution in [0.25, 0.3) is 0 Å². The number of hydrogen-bond acceptors (Lipinski definition) is 5. The molecule has 0 bridgehead atoms. The van der Waals surface area contributed by atoms with Crippen LogP contribution < -0.4 is 5.32 Å². The summed E-state index contributed by atoms with van der Waals surface area (Å²) in [4.78, 5) is 46.7. The fourth-order valence-corrected chi connectivity index (χ4v) is 5.02. The summed E-state index contributed by atoms with van der Waals surface area (Å²) in [5.74, 6) is -2.27. The monoisotopic (exact) mass is 475 g/mol. The molecule has 7 nitrogen and oxygen atoms in total. The Kier molecular flexibility index (Phi) is 8.29. The molecule has 7 heteroatoms. The van der Waals surface area contributed by atoms with Gasteiger partial charge in [-0.15, -0.1) is 0 Å². The van der Waals surface area contributed by atoms with Gasteiger partial charge in [0.1, 0.15) is 17.7 Å². The van der Waals surface area contributed by atoms with Gasteiger partial charge in [-0.25, -0.2) is 4.79 Å². The number of carbonyl (C=O) groups is 3. The minimum atomic E-state index is -1.02. The van der Waals surface area contributed by atoms with Crippen LogP contribution >= 0.6 is 0 Å². The van der Waals surface area contributed by atoms with Gasteiger partial charge in [-0.05, 0) is 30.9 Å². The van der Waals surface area contributed by atoms with Gasteiger partial charge in [0, 0.05) is 12.6 Å². The highest BCUT2D eigenvalue weighted by Crippen LogP contribution is 2.33. The molecule has 1 aliphatic carbocycles. The standard InChI is InChI=1S/C28H33N3O4/c1-2-35-28(34)25-23(26(32)30-19-21-14-8-4-9-15-21)24(29-18-20-12-6-3-7-13-20)27(33)31(25)22-16-10-5-11-17-22/h3-4,6-9,12-15,22-23,25H,2,5,10-11,16-19H2,1H3,(H,30,32)/t23-,25+/m0/s1. The highest BCUT2D eigenvalue weighted by molar-refractivity contribution is 6.46. The lowest BCUT2D eigenvalue weighted by Gasteiger charge is -2.35. The zero-order valence-electron chi connectivity index (χ0n) is 20.2. The lowest BCUT2D eigenvalue weighted by Crippen LogP contribution is -2.51. The molecule has 35 heavy (non-hydrogen) atoms. The van der Waals surface area contributed by atoms with Crippen molar-refractivity contribution in [3.63, 3.8) is 0 Å². The van der Waals surface area contributed by atoms with Crippen LogP contribution in [0.2, 0.25) is 0 Å². The quantitative estimate of drug-likeness (QED) is 0.590. The molecule has 2 atom stereocenters. The summed E-state index contributed by atoms with van der Waals surface area (Å²) < 4.78 is 5.38. The molecule has 0 radical (unpaired) electrons. The summed E-state index contributed by atoms with van der Waals surface area (Å²) in [6, 6.07) is 18.0. The van der Waals surface area contributed by atoms with E-state index in [2.05, 4.69) is 10.3 Å². The van der Waals surface area contributed by atoms with Crippen molar-refractivity contribution >= 4 is 23.5 Å². The highest BCUT2D eigenvalue weighted by Gasteiger charge is 2.55. The number of amides is 2. The van der Waals surface area contributed by atoms with Gasteiger partial charge in [-0.1, -0.05) is 79.9 Å². The van der Waals surface area contributed by atoms with Gasteiger partial charge in [-0.3, -0.25) is 14.6 Å². The number of nitrogens with one attached hydrogen (secondary N) is 1. The summed E-state index contributed by atoms with van der Waals surface area (Å²) in [6.07, 6.45) is 4.72. The Morgan fingerprint density at radius 3 is 2.23 bits per heavy atom. The number of aliphatic imine (C=N–C) groups is 1. The van der Waals surface area contributed by atoms with Crippen molar-refractivity contribution in [2.45, 2.75) is 64.2 Å². The van der Waals surface area contributed by atoms with Gasteiger partial charge < -0.3 is 15.0 Å². The minimum absolute atomic E-state index is 0.0977. The number of rotatable bonds is 8. The second-order valence-electron chi connectivity index (χ2n) is 9.07. The van der Waals surface area contributed by atoms with E-state index < -0.39 is 17.9 Å².